The van der Waals surface area contributed by atoms with Gasteiger partial charge in [-0.05, 0) is 48.5 Å². The van der Waals surface area contributed by atoms with Crippen LogP contribution in [-0.4, -0.2) is 11.8 Å². The summed E-state index contributed by atoms with van der Waals surface area (Å²) in [4.78, 5) is 26.5. The molecule has 0 unspecified atom stereocenters. The van der Waals surface area contributed by atoms with Crippen LogP contribution >= 0.6 is 11.6 Å². The Hall–Kier alpha value is -3.05. The van der Waals surface area contributed by atoms with Crippen molar-refractivity contribution < 1.29 is 18.4 Å². The average molecular weight is 372 g/mol. The number of nitrogens with zero attached hydrogens (tertiary/aromatic N) is 1. The Kier molecular flexibility index (Phi) is 5.09. The van der Waals surface area contributed by atoms with Gasteiger partial charge in [0.2, 0.25) is 0 Å². The molecule has 0 aliphatic carbocycles. The van der Waals surface area contributed by atoms with E-state index in [1.54, 1.807) is 0 Å². The molecule has 3 nitrogen and oxygen atoms in total. The monoisotopic (exact) mass is 371 g/mol. The van der Waals surface area contributed by atoms with Crippen molar-refractivity contribution in [3.05, 3.63) is 101 Å². The van der Waals surface area contributed by atoms with Crippen LogP contribution in [-0.2, 0) is 0 Å². The fraction of sp³-hybridized carbons (Fsp3) is 0. The molecule has 0 saturated carbocycles. The number of anilines is 1. The van der Waals surface area contributed by atoms with E-state index in [2.05, 4.69) is 0 Å². The molecule has 26 heavy (non-hydrogen) atoms. The molecule has 130 valence electrons. The van der Waals surface area contributed by atoms with Crippen LogP contribution in [0.25, 0.3) is 0 Å². The van der Waals surface area contributed by atoms with E-state index >= 15 is 0 Å². The Morgan fingerprint density at radius 2 is 1.12 bits per heavy atom. The lowest BCUT2D eigenvalue weighted by Gasteiger charge is -2.21. The first kappa shape index (κ1) is 17.8. The van der Waals surface area contributed by atoms with Crippen molar-refractivity contribution in [3.63, 3.8) is 0 Å². The molecule has 2 amide bonds. The number of benzene rings is 3. The molecule has 0 fully saturated rings. The second-order valence-corrected chi connectivity index (χ2v) is 5.82. The van der Waals surface area contributed by atoms with Crippen molar-refractivity contribution in [3.8, 4) is 0 Å². The van der Waals surface area contributed by atoms with E-state index in [0.29, 0.717) is 5.02 Å². The van der Waals surface area contributed by atoms with E-state index in [-0.39, 0.29) is 16.8 Å². The molecule has 0 aliphatic heterocycles. The summed E-state index contributed by atoms with van der Waals surface area (Å²) in [6.45, 7) is 0. The summed E-state index contributed by atoms with van der Waals surface area (Å²) in [5, 5.41) is 0.394. The van der Waals surface area contributed by atoms with Crippen LogP contribution in [0.1, 0.15) is 20.7 Å². The highest BCUT2D eigenvalue weighted by Crippen LogP contribution is 2.24. The van der Waals surface area contributed by atoms with Crippen molar-refractivity contribution in [2.45, 2.75) is 0 Å². The van der Waals surface area contributed by atoms with Gasteiger partial charge in [0.05, 0.1) is 16.8 Å². The summed E-state index contributed by atoms with van der Waals surface area (Å²) in [6.07, 6.45) is 0. The Morgan fingerprint density at radius 1 is 0.692 bits per heavy atom. The Bertz CT molecular complexity index is 916. The highest BCUT2D eigenvalue weighted by molar-refractivity contribution is 6.31. The van der Waals surface area contributed by atoms with Gasteiger partial charge in [0.15, 0.2) is 0 Å². The first-order valence-electron chi connectivity index (χ1n) is 7.62. The highest BCUT2D eigenvalue weighted by Gasteiger charge is 2.29. The molecule has 0 spiro atoms. The number of amides is 2. The lowest BCUT2D eigenvalue weighted by molar-refractivity contribution is 0.0893. The first-order chi connectivity index (χ1) is 12.5. The van der Waals surface area contributed by atoms with Crippen LogP contribution < -0.4 is 4.90 Å². The van der Waals surface area contributed by atoms with E-state index in [1.165, 1.54) is 60.7 Å². The van der Waals surface area contributed by atoms with Gasteiger partial charge in [-0.25, -0.2) is 13.7 Å². The third-order valence-electron chi connectivity index (χ3n) is 3.70. The maximum atomic E-state index is 14.1. The third-order valence-corrected chi connectivity index (χ3v) is 3.95. The normalized spacial score (nSPS) is 10.4. The summed E-state index contributed by atoms with van der Waals surface area (Å²) < 4.78 is 28.1. The van der Waals surface area contributed by atoms with Crippen molar-refractivity contribution in [2.75, 3.05) is 4.90 Å². The molecular formula is C20H12ClF2NO2. The number of hydrogen-bond acceptors (Lipinski definition) is 2. The second-order valence-electron chi connectivity index (χ2n) is 5.38. The van der Waals surface area contributed by atoms with Crippen molar-refractivity contribution in [1.82, 2.24) is 0 Å². The van der Waals surface area contributed by atoms with Crippen molar-refractivity contribution >= 4 is 29.1 Å². The number of hydrogen-bond donors (Lipinski definition) is 0. The molecule has 0 saturated heterocycles. The molecule has 0 aromatic heterocycles. The predicted octanol–water partition coefficient (Wildman–Crippen LogP) is 5.11. The molecule has 0 radical (unpaired) electrons. The molecule has 0 heterocycles. The SMILES string of the molecule is O=C(c1ccccc1F)N(C(=O)c1ccccc1F)c1ccc(Cl)cc1. The van der Waals surface area contributed by atoms with Crippen LogP contribution in [0.4, 0.5) is 14.5 Å². The minimum absolute atomic E-state index is 0.149. The molecule has 3 aromatic carbocycles. The summed E-state index contributed by atoms with van der Waals surface area (Å²) in [6, 6.07) is 16.4. The Balaban J connectivity index is 2.12. The van der Waals surface area contributed by atoms with Gasteiger partial charge in [-0.2, -0.15) is 0 Å². The maximum Gasteiger partial charge on any atom is 0.268 e. The van der Waals surface area contributed by atoms with Gasteiger partial charge in [0.1, 0.15) is 11.6 Å². The first-order valence-corrected chi connectivity index (χ1v) is 8.00. The van der Waals surface area contributed by atoms with Crippen LogP contribution in [0, 0.1) is 11.6 Å². The maximum absolute atomic E-state index is 14.1. The van der Waals surface area contributed by atoms with E-state index in [1.807, 2.05) is 0 Å². The second kappa shape index (κ2) is 7.45. The molecule has 0 aliphatic rings. The number of imide groups is 1. The smallest absolute Gasteiger partial charge is 0.268 e. The summed E-state index contributed by atoms with van der Waals surface area (Å²) >= 11 is 5.85. The lowest BCUT2D eigenvalue weighted by atomic mass is 10.1. The van der Waals surface area contributed by atoms with Crippen LogP contribution in [0.5, 0.6) is 0 Å². The van der Waals surface area contributed by atoms with Gasteiger partial charge in [-0.3, -0.25) is 9.59 Å². The highest BCUT2D eigenvalue weighted by atomic mass is 35.5. The summed E-state index contributed by atoms with van der Waals surface area (Å²) in [5.41, 5.74) is -0.449. The lowest BCUT2D eigenvalue weighted by Crippen LogP contribution is -2.38. The van der Waals surface area contributed by atoms with Crippen LogP contribution in [0.2, 0.25) is 5.02 Å². The number of carbonyl (C=O) groups excluding carboxylic acids is 2. The molecule has 0 N–H and O–H groups in total. The van der Waals surface area contributed by atoms with E-state index in [9.17, 15) is 18.4 Å². The predicted molar refractivity (Wildman–Crippen MR) is 95.4 cm³/mol. The Labute approximate surface area is 153 Å². The van der Waals surface area contributed by atoms with Crippen molar-refractivity contribution in [2.24, 2.45) is 0 Å². The minimum atomic E-state index is -0.904. The zero-order chi connectivity index (χ0) is 18.7. The largest absolute Gasteiger partial charge is 0.268 e. The van der Waals surface area contributed by atoms with Gasteiger partial charge in [-0.1, -0.05) is 35.9 Å². The number of carbonyl (C=O) groups is 2. The van der Waals surface area contributed by atoms with E-state index < -0.39 is 23.4 Å². The van der Waals surface area contributed by atoms with Gasteiger partial charge in [-0.15, -0.1) is 0 Å². The number of halogens is 3. The topological polar surface area (TPSA) is 37.4 Å². The molecule has 0 atom stereocenters. The quantitative estimate of drug-likeness (QED) is 0.600. The fourth-order valence-electron chi connectivity index (χ4n) is 2.43. The van der Waals surface area contributed by atoms with E-state index in [4.69, 9.17) is 11.6 Å². The third kappa shape index (κ3) is 3.48. The molecule has 0 bridgehead atoms. The van der Waals surface area contributed by atoms with Crippen molar-refractivity contribution in [1.29, 1.82) is 0 Å². The minimum Gasteiger partial charge on any atom is -0.268 e. The van der Waals surface area contributed by atoms with Gasteiger partial charge in [0, 0.05) is 5.02 Å². The van der Waals surface area contributed by atoms with Crippen LogP contribution in [0.15, 0.2) is 72.8 Å². The standard InChI is InChI=1S/C20H12ClF2NO2/c21-13-9-11-14(12-10-13)24(19(25)15-5-1-3-7-17(15)22)20(26)16-6-2-4-8-18(16)23/h1-12H. The average Bonchev–Trinajstić information content (AvgIpc) is 2.64. The van der Waals surface area contributed by atoms with Gasteiger partial charge < -0.3 is 0 Å². The number of rotatable bonds is 3. The zero-order valence-corrected chi connectivity index (χ0v) is 14.1. The molecule has 6 heteroatoms. The molecule has 3 rings (SSSR count). The zero-order valence-electron chi connectivity index (χ0n) is 13.3. The summed E-state index contributed by atoms with van der Waals surface area (Å²) in [7, 11) is 0. The van der Waals surface area contributed by atoms with Gasteiger partial charge in [0.25, 0.3) is 11.8 Å². The molecular weight excluding hydrogens is 360 g/mol. The van der Waals surface area contributed by atoms with Gasteiger partial charge >= 0.3 is 0 Å². The van der Waals surface area contributed by atoms with E-state index in [0.717, 1.165) is 17.0 Å². The Morgan fingerprint density at radius 3 is 1.54 bits per heavy atom. The fourth-order valence-corrected chi connectivity index (χ4v) is 2.55. The molecule has 3 aromatic rings. The van der Waals surface area contributed by atoms with Crippen LogP contribution in [0.3, 0.4) is 0 Å². The summed E-state index contributed by atoms with van der Waals surface area (Å²) in [5.74, 6) is -3.37.